The lowest BCUT2D eigenvalue weighted by Gasteiger charge is -2.02. The summed E-state index contributed by atoms with van der Waals surface area (Å²) in [5.41, 5.74) is 2.83. The molecule has 240 valence electrons. The summed E-state index contributed by atoms with van der Waals surface area (Å²) >= 11 is 0. The largest absolute Gasteiger partial charge is 0.477 e. The maximum atomic E-state index is 10.7. The summed E-state index contributed by atoms with van der Waals surface area (Å²) in [6.45, 7) is 4.52. The smallest absolute Gasteiger partial charge is 0.352 e. The summed E-state index contributed by atoms with van der Waals surface area (Å²) in [7, 11) is 0. The second kappa shape index (κ2) is 26.2. The van der Waals surface area contributed by atoms with Crippen LogP contribution in [-0.4, -0.2) is 32.1 Å². The van der Waals surface area contributed by atoms with E-state index in [4.69, 9.17) is 10.2 Å². The van der Waals surface area contributed by atoms with Crippen molar-refractivity contribution >= 4 is 11.9 Å². The van der Waals surface area contributed by atoms with Gasteiger partial charge in [0, 0.05) is 12.4 Å². The van der Waals surface area contributed by atoms with E-state index < -0.39 is 11.9 Å². The summed E-state index contributed by atoms with van der Waals surface area (Å²) in [5, 5.41) is 17.7. The number of unbranched alkanes of at least 4 members (excludes halogenated alkanes) is 20. The van der Waals surface area contributed by atoms with Gasteiger partial charge in [-0.25, -0.2) is 9.59 Å². The van der Waals surface area contributed by atoms with E-state index in [0.717, 1.165) is 36.8 Å². The highest BCUT2D eigenvalue weighted by Crippen LogP contribution is 2.15. The van der Waals surface area contributed by atoms with Gasteiger partial charge in [0.2, 0.25) is 0 Å². The first kappa shape index (κ1) is 37.5. The molecule has 0 bridgehead atoms. The molecular weight excluding hydrogens is 524 g/mol. The Balaban J connectivity index is 0.000000420. The molecule has 42 heavy (non-hydrogen) atoms. The van der Waals surface area contributed by atoms with E-state index in [1.54, 1.807) is 12.1 Å². The molecular formula is C36H62N2O4. The van der Waals surface area contributed by atoms with Crippen LogP contribution in [0.4, 0.5) is 0 Å². The van der Waals surface area contributed by atoms with Crippen molar-refractivity contribution in [3.05, 3.63) is 47.0 Å². The lowest BCUT2D eigenvalue weighted by Crippen LogP contribution is -1.94. The Morgan fingerprint density at radius 3 is 0.976 bits per heavy atom. The molecule has 0 fully saturated rings. The van der Waals surface area contributed by atoms with Gasteiger partial charge < -0.3 is 20.2 Å². The third kappa shape index (κ3) is 20.4. The molecule has 0 atom stereocenters. The van der Waals surface area contributed by atoms with E-state index in [1.165, 1.54) is 128 Å². The number of H-pyrrole nitrogens is 2. The highest BCUT2D eigenvalue weighted by molar-refractivity contribution is 5.86. The van der Waals surface area contributed by atoms with Gasteiger partial charge in [0.05, 0.1) is 0 Å². The second-order valence-corrected chi connectivity index (χ2v) is 12.0. The van der Waals surface area contributed by atoms with Gasteiger partial charge in [0.15, 0.2) is 0 Å². The van der Waals surface area contributed by atoms with Crippen molar-refractivity contribution in [2.45, 2.75) is 168 Å². The van der Waals surface area contributed by atoms with Gasteiger partial charge in [0.1, 0.15) is 11.4 Å². The molecule has 0 aliphatic carbocycles. The van der Waals surface area contributed by atoms with E-state index in [9.17, 15) is 9.59 Å². The molecule has 2 heterocycles. The van der Waals surface area contributed by atoms with E-state index in [2.05, 4.69) is 23.8 Å². The van der Waals surface area contributed by atoms with Crippen LogP contribution in [0, 0.1) is 0 Å². The van der Waals surface area contributed by atoms with Gasteiger partial charge in [0.25, 0.3) is 0 Å². The van der Waals surface area contributed by atoms with Crippen LogP contribution >= 0.6 is 0 Å². The van der Waals surface area contributed by atoms with Crippen LogP contribution in [0.15, 0.2) is 24.5 Å². The van der Waals surface area contributed by atoms with Crippen molar-refractivity contribution < 1.29 is 19.8 Å². The van der Waals surface area contributed by atoms with Crippen molar-refractivity contribution in [1.82, 2.24) is 9.97 Å². The Labute approximate surface area is 256 Å². The van der Waals surface area contributed by atoms with Crippen molar-refractivity contribution in [3.8, 4) is 0 Å². The predicted octanol–water partition coefficient (Wildman–Crippen LogP) is 11.1. The number of hydrogen-bond donors (Lipinski definition) is 4. The summed E-state index contributed by atoms with van der Waals surface area (Å²) < 4.78 is 0. The first-order chi connectivity index (χ1) is 20.5. The summed E-state index contributed by atoms with van der Waals surface area (Å²) in [6.07, 6.45) is 35.2. The second-order valence-electron chi connectivity index (χ2n) is 12.0. The van der Waals surface area contributed by atoms with Crippen LogP contribution in [0.25, 0.3) is 0 Å². The highest BCUT2D eigenvalue weighted by atomic mass is 16.4. The van der Waals surface area contributed by atoms with Gasteiger partial charge >= 0.3 is 11.9 Å². The van der Waals surface area contributed by atoms with Crippen LogP contribution in [0.5, 0.6) is 0 Å². The third-order valence-corrected chi connectivity index (χ3v) is 8.08. The summed E-state index contributed by atoms with van der Waals surface area (Å²) in [4.78, 5) is 27.1. The van der Waals surface area contributed by atoms with Gasteiger partial charge in [-0.1, -0.05) is 142 Å². The van der Waals surface area contributed by atoms with Crippen LogP contribution in [0.3, 0.4) is 0 Å². The number of aromatic carboxylic acids is 2. The Bertz CT molecular complexity index is 843. The average molecular weight is 587 g/mol. The minimum Gasteiger partial charge on any atom is -0.477 e. The molecule has 0 unspecified atom stereocenters. The van der Waals surface area contributed by atoms with Gasteiger partial charge in [-0.3, -0.25) is 0 Å². The minimum atomic E-state index is -0.875. The van der Waals surface area contributed by atoms with Crippen molar-refractivity contribution in [3.63, 3.8) is 0 Å². The minimum absolute atomic E-state index is 0.299. The van der Waals surface area contributed by atoms with Crippen molar-refractivity contribution in [1.29, 1.82) is 0 Å². The molecule has 0 spiro atoms. The van der Waals surface area contributed by atoms with Crippen molar-refractivity contribution in [2.24, 2.45) is 0 Å². The van der Waals surface area contributed by atoms with Crippen molar-refractivity contribution in [2.75, 3.05) is 0 Å². The molecule has 6 nitrogen and oxygen atoms in total. The maximum Gasteiger partial charge on any atom is 0.352 e. The maximum absolute atomic E-state index is 10.7. The lowest BCUT2D eigenvalue weighted by atomic mass is 10.0. The first-order valence-corrected chi connectivity index (χ1v) is 17.3. The number of aryl methyl sites for hydroxylation is 2. The first-order valence-electron chi connectivity index (χ1n) is 17.3. The fourth-order valence-corrected chi connectivity index (χ4v) is 5.40. The SMILES string of the molecule is CCCCCCCCCCCCCc1c[nH]c(C(=O)O)c1.CCCCCCCCCCCCCc1c[nH]c(C(=O)O)c1. The standard InChI is InChI=1S/2C18H31NO2/c2*1-2-3-4-5-6-7-8-9-10-11-12-13-16-14-17(18(20)21)19-15-16/h2*14-15,19H,2-13H2,1H3,(H,20,21). The van der Waals surface area contributed by atoms with E-state index in [0.29, 0.717) is 11.4 Å². The Morgan fingerprint density at radius 2 is 0.738 bits per heavy atom. The molecule has 0 aliphatic rings. The molecule has 0 radical (unpaired) electrons. The number of carbonyl (C=O) groups is 2. The van der Waals surface area contributed by atoms with Crippen LogP contribution in [0.1, 0.15) is 187 Å². The fourth-order valence-electron chi connectivity index (χ4n) is 5.40. The average Bonchev–Trinajstić information content (AvgIpc) is 3.66. The summed E-state index contributed by atoms with van der Waals surface area (Å²) in [5.74, 6) is -1.75. The Kier molecular flexibility index (Phi) is 23.4. The van der Waals surface area contributed by atoms with Gasteiger partial charge in [-0.05, 0) is 48.9 Å². The number of rotatable bonds is 26. The Hall–Kier alpha value is -2.50. The molecule has 6 heteroatoms. The molecule has 0 aliphatic heterocycles. The third-order valence-electron chi connectivity index (χ3n) is 8.08. The highest BCUT2D eigenvalue weighted by Gasteiger charge is 2.06. The zero-order valence-corrected chi connectivity index (χ0v) is 27.0. The Morgan fingerprint density at radius 1 is 0.476 bits per heavy atom. The number of aromatic nitrogens is 2. The van der Waals surface area contributed by atoms with Crippen LogP contribution in [0.2, 0.25) is 0 Å². The molecule has 0 amide bonds. The van der Waals surface area contributed by atoms with E-state index in [-0.39, 0.29) is 0 Å². The predicted molar refractivity (Wildman–Crippen MR) is 176 cm³/mol. The van der Waals surface area contributed by atoms with Crippen LogP contribution in [-0.2, 0) is 12.8 Å². The molecule has 4 N–H and O–H groups in total. The van der Waals surface area contributed by atoms with Crippen LogP contribution < -0.4 is 0 Å². The molecule has 2 aromatic heterocycles. The quantitative estimate of drug-likeness (QED) is 0.0822. The molecule has 0 saturated carbocycles. The number of carboxylic acid groups (broad SMARTS) is 2. The zero-order chi connectivity index (χ0) is 30.7. The normalized spacial score (nSPS) is 10.9. The van der Waals surface area contributed by atoms with Gasteiger partial charge in [-0.15, -0.1) is 0 Å². The summed E-state index contributed by atoms with van der Waals surface area (Å²) in [6, 6.07) is 3.50. The van der Waals surface area contributed by atoms with E-state index in [1.807, 2.05) is 12.4 Å². The fraction of sp³-hybridized carbons (Fsp3) is 0.722. The molecule has 2 rings (SSSR count). The topological polar surface area (TPSA) is 106 Å². The number of carboxylic acids is 2. The van der Waals surface area contributed by atoms with Gasteiger partial charge in [-0.2, -0.15) is 0 Å². The zero-order valence-electron chi connectivity index (χ0n) is 27.0. The van der Waals surface area contributed by atoms with E-state index >= 15 is 0 Å². The number of aromatic amines is 2. The molecule has 0 aromatic carbocycles. The monoisotopic (exact) mass is 586 g/mol. The number of nitrogens with one attached hydrogen (secondary N) is 2. The molecule has 2 aromatic rings. The lowest BCUT2D eigenvalue weighted by molar-refractivity contribution is 0.0680. The number of hydrogen-bond acceptors (Lipinski definition) is 2. The molecule has 0 saturated heterocycles.